The average molecular weight is 436 g/mol. The second kappa shape index (κ2) is 9.76. The van der Waals surface area contributed by atoms with Crippen molar-refractivity contribution in [2.75, 3.05) is 43.6 Å². The zero-order valence-electron chi connectivity index (χ0n) is 17.4. The first-order valence-electron chi connectivity index (χ1n) is 10.2. The molecule has 160 valence electrons. The highest BCUT2D eigenvalue weighted by molar-refractivity contribution is 7.12. The Morgan fingerprint density at radius 3 is 2.39 bits per heavy atom. The number of thiophene rings is 1. The van der Waals surface area contributed by atoms with Crippen molar-refractivity contribution >= 4 is 34.5 Å². The van der Waals surface area contributed by atoms with Gasteiger partial charge in [0.25, 0.3) is 11.8 Å². The van der Waals surface area contributed by atoms with E-state index in [1.807, 2.05) is 11.4 Å². The third-order valence-corrected chi connectivity index (χ3v) is 6.08. The van der Waals surface area contributed by atoms with Crippen LogP contribution in [0.3, 0.4) is 0 Å². The van der Waals surface area contributed by atoms with Gasteiger partial charge in [-0.15, -0.1) is 11.3 Å². The number of carbonyl (C=O) groups excluding carboxylic acids is 2. The molecule has 3 aromatic rings. The average Bonchev–Trinajstić information content (AvgIpc) is 3.35. The van der Waals surface area contributed by atoms with E-state index in [1.54, 1.807) is 42.3 Å². The molecule has 4 rings (SSSR count). The molecule has 1 N–H and O–H groups in total. The Morgan fingerprint density at radius 1 is 1.03 bits per heavy atom. The molecule has 0 spiro atoms. The van der Waals surface area contributed by atoms with E-state index in [9.17, 15) is 9.59 Å². The maximum Gasteiger partial charge on any atom is 0.265 e. The summed E-state index contributed by atoms with van der Waals surface area (Å²) >= 11 is 1.39. The van der Waals surface area contributed by atoms with E-state index >= 15 is 0 Å². The van der Waals surface area contributed by atoms with Gasteiger partial charge >= 0.3 is 0 Å². The zero-order chi connectivity index (χ0) is 21.6. The first-order valence-corrected chi connectivity index (χ1v) is 11.1. The van der Waals surface area contributed by atoms with Gasteiger partial charge in [-0.25, -0.2) is 0 Å². The number of morpholine rings is 1. The maximum atomic E-state index is 12.8. The van der Waals surface area contributed by atoms with Gasteiger partial charge in [0.05, 0.1) is 18.1 Å². The van der Waals surface area contributed by atoms with Crippen LogP contribution in [0.15, 0.2) is 66.0 Å². The van der Waals surface area contributed by atoms with Gasteiger partial charge in [0, 0.05) is 43.6 Å². The molecule has 0 saturated carbocycles. The summed E-state index contributed by atoms with van der Waals surface area (Å²) in [6.45, 7) is 3.85. The first-order chi connectivity index (χ1) is 15.1. The Labute approximate surface area is 186 Å². The molecule has 0 unspecified atom stereocenters. The summed E-state index contributed by atoms with van der Waals surface area (Å²) in [5.74, 6) is -0.208. The van der Waals surface area contributed by atoms with Crippen LogP contribution in [0, 0.1) is 0 Å². The molecule has 0 aliphatic carbocycles. The van der Waals surface area contributed by atoms with Crippen molar-refractivity contribution in [3.8, 4) is 0 Å². The Balaban J connectivity index is 1.33. The highest BCUT2D eigenvalue weighted by atomic mass is 32.1. The number of amides is 2. The predicted molar refractivity (Wildman–Crippen MR) is 124 cm³/mol. The van der Waals surface area contributed by atoms with Crippen LogP contribution in [0.1, 0.15) is 25.6 Å². The van der Waals surface area contributed by atoms with Crippen LogP contribution in [0.25, 0.3) is 0 Å². The molecule has 2 amide bonds. The summed E-state index contributed by atoms with van der Waals surface area (Å²) in [6.07, 6.45) is 0. The molecule has 0 bridgehead atoms. The molecule has 7 heteroatoms. The van der Waals surface area contributed by atoms with Crippen LogP contribution in [-0.4, -0.2) is 50.1 Å². The Hall–Kier alpha value is -3.16. The summed E-state index contributed by atoms with van der Waals surface area (Å²) in [6, 6.07) is 18.9. The minimum absolute atomic E-state index is 0.0617. The van der Waals surface area contributed by atoms with Crippen molar-refractivity contribution in [3.63, 3.8) is 0 Å². The molecule has 1 aliphatic heterocycles. The molecule has 0 radical (unpaired) electrons. The Kier molecular flexibility index (Phi) is 6.64. The normalized spacial score (nSPS) is 13.6. The summed E-state index contributed by atoms with van der Waals surface area (Å²) in [4.78, 5) is 29.6. The fourth-order valence-electron chi connectivity index (χ4n) is 3.50. The number of anilines is 2. The van der Waals surface area contributed by atoms with E-state index < -0.39 is 0 Å². The van der Waals surface area contributed by atoms with Crippen molar-refractivity contribution in [3.05, 3.63) is 82.0 Å². The monoisotopic (exact) mass is 435 g/mol. The number of hydrogen-bond donors (Lipinski definition) is 1. The van der Waals surface area contributed by atoms with Crippen LogP contribution in [0.4, 0.5) is 11.4 Å². The van der Waals surface area contributed by atoms with Crippen molar-refractivity contribution in [1.82, 2.24) is 4.90 Å². The number of rotatable bonds is 6. The second-order valence-corrected chi connectivity index (χ2v) is 8.38. The minimum Gasteiger partial charge on any atom is -0.378 e. The number of ether oxygens (including phenoxy) is 1. The number of nitrogens with zero attached hydrogens (tertiary/aromatic N) is 2. The van der Waals surface area contributed by atoms with E-state index in [0.29, 0.717) is 22.7 Å². The van der Waals surface area contributed by atoms with Crippen LogP contribution in [-0.2, 0) is 11.3 Å². The van der Waals surface area contributed by atoms with E-state index in [0.717, 1.165) is 31.9 Å². The summed E-state index contributed by atoms with van der Waals surface area (Å²) < 4.78 is 5.40. The molecule has 2 heterocycles. The highest BCUT2D eigenvalue weighted by Crippen LogP contribution is 2.19. The van der Waals surface area contributed by atoms with Gasteiger partial charge < -0.3 is 19.9 Å². The zero-order valence-corrected chi connectivity index (χ0v) is 18.2. The summed E-state index contributed by atoms with van der Waals surface area (Å²) in [5.41, 5.74) is 3.51. The minimum atomic E-state index is -0.147. The van der Waals surface area contributed by atoms with Gasteiger partial charge in [0.2, 0.25) is 0 Å². The predicted octanol–water partition coefficient (Wildman–Crippen LogP) is 4.11. The second-order valence-electron chi connectivity index (χ2n) is 7.44. The Morgan fingerprint density at radius 2 is 1.74 bits per heavy atom. The molecule has 6 nitrogen and oxygen atoms in total. The number of hydrogen-bond acceptors (Lipinski definition) is 5. The number of benzene rings is 2. The fraction of sp³-hybridized carbons (Fsp3) is 0.250. The topological polar surface area (TPSA) is 61.9 Å². The molecular formula is C24H25N3O3S. The van der Waals surface area contributed by atoms with Gasteiger partial charge in [0.15, 0.2) is 0 Å². The molecule has 1 aromatic heterocycles. The van der Waals surface area contributed by atoms with E-state index in [2.05, 4.69) is 34.5 Å². The quantitative estimate of drug-likeness (QED) is 0.633. The number of carbonyl (C=O) groups is 2. The van der Waals surface area contributed by atoms with Crippen molar-refractivity contribution in [1.29, 1.82) is 0 Å². The summed E-state index contributed by atoms with van der Waals surface area (Å²) in [7, 11) is 1.80. The van der Waals surface area contributed by atoms with Crippen molar-refractivity contribution < 1.29 is 14.3 Å². The van der Waals surface area contributed by atoms with Crippen LogP contribution in [0.5, 0.6) is 0 Å². The third kappa shape index (κ3) is 5.31. The molecule has 1 saturated heterocycles. The van der Waals surface area contributed by atoms with Gasteiger partial charge in [-0.1, -0.05) is 18.2 Å². The Bertz CT molecular complexity index is 1010. The van der Waals surface area contributed by atoms with Gasteiger partial charge in [0.1, 0.15) is 0 Å². The standard InChI is InChI=1S/C24H25N3O3S/c1-26(17-18-4-10-21(11-5-18)27-12-14-30-15-13-27)24(29)19-6-8-20(9-7-19)25-23(28)22-3-2-16-31-22/h2-11,16H,12-15,17H2,1H3,(H,25,28). The first kappa shape index (κ1) is 21.1. The SMILES string of the molecule is CN(Cc1ccc(N2CCOCC2)cc1)C(=O)c1ccc(NC(=O)c2cccs2)cc1. The van der Waals surface area contributed by atoms with Crippen molar-refractivity contribution in [2.24, 2.45) is 0 Å². The lowest BCUT2D eigenvalue weighted by molar-refractivity contribution is 0.0785. The van der Waals surface area contributed by atoms with Crippen LogP contribution >= 0.6 is 11.3 Å². The molecule has 2 aromatic carbocycles. The molecular weight excluding hydrogens is 410 g/mol. The van der Waals surface area contributed by atoms with Crippen LogP contribution < -0.4 is 10.2 Å². The fourth-order valence-corrected chi connectivity index (χ4v) is 4.12. The maximum absolute atomic E-state index is 12.8. The van der Waals surface area contributed by atoms with Crippen LogP contribution in [0.2, 0.25) is 0 Å². The lowest BCUT2D eigenvalue weighted by Gasteiger charge is -2.29. The lowest BCUT2D eigenvalue weighted by atomic mass is 10.1. The van der Waals surface area contributed by atoms with Crippen molar-refractivity contribution in [2.45, 2.75) is 6.54 Å². The smallest absolute Gasteiger partial charge is 0.265 e. The largest absolute Gasteiger partial charge is 0.378 e. The lowest BCUT2D eigenvalue weighted by Crippen LogP contribution is -2.36. The van der Waals surface area contributed by atoms with Gasteiger partial charge in [-0.2, -0.15) is 0 Å². The van der Waals surface area contributed by atoms with E-state index in [-0.39, 0.29) is 11.8 Å². The summed E-state index contributed by atoms with van der Waals surface area (Å²) in [5, 5.41) is 4.71. The van der Waals surface area contributed by atoms with Gasteiger partial charge in [-0.05, 0) is 53.4 Å². The molecule has 1 fully saturated rings. The van der Waals surface area contributed by atoms with E-state index in [1.165, 1.54) is 17.0 Å². The van der Waals surface area contributed by atoms with Gasteiger partial charge in [-0.3, -0.25) is 9.59 Å². The molecule has 0 atom stereocenters. The number of nitrogens with one attached hydrogen (secondary N) is 1. The third-order valence-electron chi connectivity index (χ3n) is 5.21. The van der Waals surface area contributed by atoms with E-state index in [4.69, 9.17) is 4.74 Å². The molecule has 31 heavy (non-hydrogen) atoms. The molecule has 1 aliphatic rings. The highest BCUT2D eigenvalue weighted by Gasteiger charge is 2.14.